The highest BCUT2D eigenvalue weighted by Crippen LogP contribution is 2.34. The Bertz CT molecular complexity index is 685. The molecule has 1 unspecified atom stereocenters. The number of nitrogens with one attached hydrogen (secondary N) is 1. The summed E-state index contributed by atoms with van der Waals surface area (Å²) >= 11 is 0. The minimum Gasteiger partial charge on any atom is -0.454 e. The highest BCUT2D eigenvalue weighted by Gasteiger charge is 2.21. The molecule has 0 fully saturated rings. The van der Waals surface area contributed by atoms with E-state index in [9.17, 15) is 4.79 Å². The molecule has 3 rings (SSSR count). The minimum atomic E-state index is -0.624. The van der Waals surface area contributed by atoms with E-state index in [1.54, 1.807) is 12.1 Å². The molecule has 1 heterocycles. The third-order valence-electron chi connectivity index (χ3n) is 3.34. The summed E-state index contributed by atoms with van der Waals surface area (Å²) in [5.74, 6) is 0.859. The monoisotopic (exact) mass is 284 g/mol. The van der Waals surface area contributed by atoms with Crippen molar-refractivity contribution >= 4 is 11.6 Å². The van der Waals surface area contributed by atoms with Crippen LogP contribution in [0.15, 0.2) is 42.5 Å². The Kier molecular flexibility index (Phi) is 3.39. The van der Waals surface area contributed by atoms with Gasteiger partial charge in [0.2, 0.25) is 12.7 Å². The van der Waals surface area contributed by atoms with E-state index in [2.05, 4.69) is 5.32 Å². The number of rotatable bonds is 4. The minimum absolute atomic E-state index is 0.200. The summed E-state index contributed by atoms with van der Waals surface area (Å²) < 4.78 is 10.6. The molecule has 0 radical (unpaired) electrons. The molecule has 1 aliphatic heterocycles. The van der Waals surface area contributed by atoms with Crippen molar-refractivity contribution < 1.29 is 14.3 Å². The second-order valence-corrected chi connectivity index (χ2v) is 4.96. The predicted molar refractivity (Wildman–Crippen MR) is 79.3 cm³/mol. The summed E-state index contributed by atoms with van der Waals surface area (Å²) in [5.41, 5.74) is 8.22. The maximum atomic E-state index is 11.8. The number of amides is 1. The molecule has 21 heavy (non-hydrogen) atoms. The number of primary amides is 1. The summed E-state index contributed by atoms with van der Waals surface area (Å²) in [5, 5.41) is 3.16. The van der Waals surface area contributed by atoms with Gasteiger partial charge in [-0.2, -0.15) is 0 Å². The molecule has 1 aliphatic rings. The van der Waals surface area contributed by atoms with Crippen LogP contribution in [-0.4, -0.2) is 12.7 Å². The summed E-state index contributed by atoms with van der Waals surface area (Å²) in [6.45, 7) is 2.19. The molecular formula is C16H16N2O3. The number of carbonyl (C=O) groups is 1. The molecule has 2 aromatic carbocycles. The maximum absolute atomic E-state index is 11.8. The number of carbonyl (C=O) groups excluding carboxylic acids is 1. The van der Waals surface area contributed by atoms with Gasteiger partial charge in [0.15, 0.2) is 11.5 Å². The number of nitrogens with two attached hydrogens (primary N) is 1. The van der Waals surface area contributed by atoms with E-state index in [-0.39, 0.29) is 6.79 Å². The molecule has 0 aliphatic carbocycles. The van der Waals surface area contributed by atoms with Gasteiger partial charge in [-0.1, -0.05) is 18.2 Å². The number of anilines is 1. The summed E-state index contributed by atoms with van der Waals surface area (Å²) in [6.07, 6.45) is 0. The van der Waals surface area contributed by atoms with Crippen LogP contribution in [0.5, 0.6) is 11.5 Å². The van der Waals surface area contributed by atoms with E-state index < -0.39 is 11.9 Å². The van der Waals surface area contributed by atoms with Gasteiger partial charge in [0.05, 0.1) is 0 Å². The normalized spacial score (nSPS) is 13.8. The molecule has 5 heteroatoms. The second kappa shape index (κ2) is 5.36. The fourth-order valence-electron chi connectivity index (χ4n) is 2.31. The van der Waals surface area contributed by atoms with Crippen LogP contribution in [0.4, 0.5) is 5.69 Å². The number of aryl methyl sites for hydroxylation is 1. The Balaban J connectivity index is 1.89. The van der Waals surface area contributed by atoms with Crippen molar-refractivity contribution in [1.29, 1.82) is 0 Å². The van der Waals surface area contributed by atoms with Crippen LogP contribution in [0.3, 0.4) is 0 Å². The molecule has 5 nitrogen and oxygen atoms in total. The lowest BCUT2D eigenvalue weighted by Gasteiger charge is -2.18. The molecule has 0 spiro atoms. The summed E-state index contributed by atoms with van der Waals surface area (Å²) in [7, 11) is 0. The Morgan fingerprint density at radius 1 is 1.19 bits per heavy atom. The Labute approximate surface area is 122 Å². The van der Waals surface area contributed by atoms with Gasteiger partial charge in [0, 0.05) is 5.69 Å². The Hall–Kier alpha value is -2.69. The standard InChI is InChI=1S/C16H16N2O3/c1-10-3-2-4-12(7-10)18-15(16(17)19)11-5-6-13-14(8-11)21-9-20-13/h2-8,15,18H,9H2,1H3,(H2,17,19). The molecule has 0 aromatic heterocycles. The average Bonchev–Trinajstić information content (AvgIpc) is 2.92. The van der Waals surface area contributed by atoms with Crippen molar-refractivity contribution in [3.8, 4) is 11.5 Å². The van der Waals surface area contributed by atoms with Crippen molar-refractivity contribution in [1.82, 2.24) is 0 Å². The van der Waals surface area contributed by atoms with E-state index in [0.29, 0.717) is 11.5 Å². The van der Waals surface area contributed by atoms with E-state index in [0.717, 1.165) is 16.8 Å². The highest BCUT2D eigenvalue weighted by atomic mass is 16.7. The first-order chi connectivity index (χ1) is 10.1. The molecule has 3 N–H and O–H groups in total. The highest BCUT2D eigenvalue weighted by molar-refractivity contribution is 5.84. The molecule has 108 valence electrons. The molecule has 0 saturated carbocycles. The Morgan fingerprint density at radius 2 is 2.00 bits per heavy atom. The van der Waals surface area contributed by atoms with Crippen LogP contribution in [0, 0.1) is 6.92 Å². The van der Waals surface area contributed by atoms with Gasteiger partial charge < -0.3 is 20.5 Å². The topological polar surface area (TPSA) is 73.6 Å². The van der Waals surface area contributed by atoms with Crippen molar-refractivity contribution in [3.05, 3.63) is 53.6 Å². The molecular weight excluding hydrogens is 268 g/mol. The second-order valence-electron chi connectivity index (χ2n) is 4.96. The predicted octanol–water partition coefficient (Wildman–Crippen LogP) is 2.36. The van der Waals surface area contributed by atoms with Gasteiger partial charge in [-0.15, -0.1) is 0 Å². The van der Waals surface area contributed by atoms with Crippen LogP contribution in [0.1, 0.15) is 17.2 Å². The number of ether oxygens (including phenoxy) is 2. The molecule has 0 bridgehead atoms. The van der Waals surface area contributed by atoms with Crippen molar-refractivity contribution in [2.75, 3.05) is 12.1 Å². The number of fused-ring (bicyclic) bond motifs is 1. The molecule has 1 amide bonds. The lowest BCUT2D eigenvalue weighted by Crippen LogP contribution is -2.27. The largest absolute Gasteiger partial charge is 0.454 e. The van der Waals surface area contributed by atoms with Gasteiger partial charge >= 0.3 is 0 Å². The van der Waals surface area contributed by atoms with Crippen LogP contribution in [0.2, 0.25) is 0 Å². The van der Waals surface area contributed by atoms with Crippen LogP contribution in [-0.2, 0) is 4.79 Å². The molecule has 0 saturated heterocycles. The fraction of sp³-hybridized carbons (Fsp3) is 0.188. The van der Waals surface area contributed by atoms with Gasteiger partial charge in [0.1, 0.15) is 6.04 Å². The first-order valence-corrected chi connectivity index (χ1v) is 6.65. The first kappa shape index (κ1) is 13.3. The van der Waals surface area contributed by atoms with Gasteiger partial charge in [0.25, 0.3) is 0 Å². The van der Waals surface area contributed by atoms with Crippen LogP contribution >= 0.6 is 0 Å². The zero-order valence-corrected chi connectivity index (χ0v) is 11.6. The van der Waals surface area contributed by atoms with Gasteiger partial charge in [-0.3, -0.25) is 4.79 Å². The number of benzene rings is 2. The van der Waals surface area contributed by atoms with E-state index >= 15 is 0 Å². The lowest BCUT2D eigenvalue weighted by molar-refractivity contribution is -0.118. The SMILES string of the molecule is Cc1cccc(NC(C(N)=O)c2ccc3c(c2)OCO3)c1. The average molecular weight is 284 g/mol. The Morgan fingerprint density at radius 3 is 2.76 bits per heavy atom. The van der Waals surface area contributed by atoms with E-state index in [1.165, 1.54) is 0 Å². The zero-order chi connectivity index (χ0) is 14.8. The van der Waals surface area contributed by atoms with Crippen molar-refractivity contribution in [2.24, 2.45) is 5.73 Å². The number of hydrogen-bond acceptors (Lipinski definition) is 4. The lowest BCUT2D eigenvalue weighted by atomic mass is 10.0. The summed E-state index contributed by atoms with van der Waals surface area (Å²) in [6, 6.07) is 12.5. The third kappa shape index (κ3) is 2.76. The van der Waals surface area contributed by atoms with Gasteiger partial charge in [-0.25, -0.2) is 0 Å². The number of hydrogen-bond donors (Lipinski definition) is 2. The molecule has 2 aromatic rings. The quantitative estimate of drug-likeness (QED) is 0.904. The first-order valence-electron chi connectivity index (χ1n) is 6.65. The fourth-order valence-corrected chi connectivity index (χ4v) is 2.31. The van der Waals surface area contributed by atoms with Gasteiger partial charge in [-0.05, 0) is 42.3 Å². The van der Waals surface area contributed by atoms with Crippen molar-refractivity contribution in [2.45, 2.75) is 13.0 Å². The zero-order valence-electron chi connectivity index (χ0n) is 11.6. The van der Waals surface area contributed by atoms with E-state index in [1.807, 2.05) is 37.3 Å². The smallest absolute Gasteiger partial charge is 0.244 e. The molecule has 1 atom stereocenters. The van der Waals surface area contributed by atoms with Crippen LogP contribution < -0.4 is 20.5 Å². The summed E-state index contributed by atoms with van der Waals surface area (Å²) in [4.78, 5) is 11.8. The maximum Gasteiger partial charge on any atom is 0.244 e. The van der Waals surface area contributed by atoms with Crippen molar-refractivity contribution in [3.63, 3.8) is 0 Å². The van der Waals surface area contributed by atoms with E-state index in [4.69, 9.17) is 15.2 Å². The van der Waals surface area contributed by atoms with Crippen LogP contribution in [0.25, 0.3) is 0 Å². The third-order valence-corrected chi connectivity index (χ3v) is 3.34.